The maximum absolute atomic E-state index is 12.7. The summed E-state index contributed by atoms with van der Waals surface area (Å²) in [6.45, 7) is 1.96. The highest BCUT2D eigenvalue weighted by molar-refractivity contribution is 6.05. The molecule has 1 amide bonds. The van der Waals surface area contributed by atoms with E-state index >= 15 is 0 Å². The number of aryl methyl sites for hydroxylation is 1. The Kier molecular flexibility index (Phi) is 5.17. The van der Waals surface area contributed by atoms with Gasteiger partial charge in [-0.25, -0.2) is 0 Å². The third-order valence-electron chi connectivity index (χ3n) is 4.12. The van der Waals surface area contributed by atoms with Crippen molar-refractivity contribution in [3.8, 4) is 5.75 Å². The van der Waals surface area contributed by atoms with E-state index in [9.17, 15) is 4.79 Å². The number of pyridine rings is 1. The molecule has 3 aromatic rings. The molecule has 0 atom stereocenters. The number of nitrogens with one attached hydrogen (secondary N) is 1. The second-order valence-electron chi connectivity index (χ2n) is 5.98. The summed E-state index contributed by atoms with van der Waals surface area (Å²) in [5, 5.41) is 2.90. The quantitative estimate of drug-likeness (QED) is 0.742. The summed E-state index contributed by atoms with van der Waals surface area (Å²) in [6.07, 6.45) is 3.29. The highest BCUT2D eigenvalue weighted by Crippen LogP contribution is 2.27. The zero-order valence-electron chi connectivity index (χ0n) is 15.1. The number of methoxy groups -OCH3 is 1. The van der Waals surface area contributed by atoms with Gasteiger partial charge >= 0.3 is 0 Å². The second kappa shape index (κ2) is 7.70. The lowest BCUT2D eigenvalue weighted by Crippen LogP contribution is -2.15. The van der Waals surface area contributed by atoms with E-state index in [1.165, 1.54) is 0 Å². The number of ether oxygens (including phenoxy) is 1. The first-order valence-electron chi connectivity index (χ1n) is 8.28. The van der Waals surface area contributed by atoms with Gasteiger partial charge in [-0.1, -0.05) is 24.3 Å². The van der Waals surface area contributed by atoms with Crippen molar-refractivity contribution in [2.75, 3.05) is 24.4 Å². The molecule has 26 heavy (non-hydrogen) atoms. The topological polar surface area (TPSA) is 54.5 Å². The van der Waals surface area contributed by atoms with Crippen LogP contribution in [0, 0.1) is 6.92 Å². The van der Waals surface area contributed by atoms with E-state index in [0.717, 1.165) is 16.9 Å². The number of carbonyl (C=O) groups excluding carboxylic acids is 1. The molecule has 0 aliphatic carbocycles. The van der Waals surface area contributed by atoms with Gasteiger partial charge in [-0.05, 0) is 42.8 Å². The van der Waals surface area contributed by atoms with Gasteiger partial charge in [0.2, 0.25) is 0 Å². The number of hydrogen-bond donors (Lipinski definition) is 1. The molecule has 132 valence electrons. The monoisotopic (exact) mass is 347 g/mol. The minimum atomic E-state index is -0.232. The number of anilines is 3. The number of hydrogen-bond acceptors (Lipinski definition) is 4. The number of nitrogens with zero attached hydrogens (tertiary/aromatic N) is 2. The van der Waals surface area contributed by atoms with Crippen molar-refractivity contribution < 1.29 is 9.53 Å². The summed E-state index contributed by atoms with van der Waals surface area (Å²) in [5.41, 5.74) is 4.01. The smallest absolute Gasteiger partial charge is 0.257 e. The number of para-hydroxylation sites is 1. The van der Waals surface area contributed by atoms with Crippen molar-refractivity contribution in [3.05, 3.63) is 78.1 Å². The lowest BCUT2D eigenvalue weighted by molar-refractivity contribution is 0.102. The summed E-state index contributed by atoms with van der Waals surface area (Å²) in [4.78, 5) is 18.9. The highest BCUT2D eigenvalue weighted by atomic mass is 16.5. The van der Waals surface area contributed by atoms with E-state index in [1.807, 2.05) is 73.5 Å². The van der Waals surface area contributed by atoms with E-state index in [2.05, 4.69) is 10.3 Å². The first-order valence-corrected chi connectivity index (χ1v) is 8.28. The van der Waals surface area contributed by atoms with E-state index in [-0.39, 0.29) is 5.91 Å². The molecule has 0 bridgehead atoms. The first-order chi connectivity index (χ1) is 12.6. The van der Waals surface area contributed by atoms with Crippen LogP contribution in [0.25, 0.3) is 0 Å². The second-order valence-corrected chi connectivity index (χ2v) is 5.98. The summed E-state index contributed by atoms with van der Waals surface area (Å²) in [7, 11) is 3.52. The van der Waals surface area contributed by atoms with Gasteiger partial charge in [-0.3, -0.25) is 9.78 Å². The lowest BCUT2D eigenvalue weighted by atomic mass is 10.2. The van der Waals surface area contributed by atoms with Crippen LogP contribution < -0.4 is 15.0 Å². The Labute approximate surface area is 153 Å². The predicted molar refractivity (Wildman–Crippen MR) is 104 cm³/mol. The van der Waals surface area contributed by atoms with Crippen LogP contribution in [0.15, 0.2) is 67.0 Å². The number of carbonyl (C=O) groups is 1. The fraction of sp³-hybridized carbons (Fsp3) is 0.143. The van der Waals surface area contributed by atoms with Crippen molar-refractivity contribution in [1.82, 2.24) is 4.98 Å². The van der Waals surface area contributed by atoms with Gasteiger partial charge in [0.1, 0.15) is 5.75 Å². The summed E-state index contributed by atoms with van der Waals surface area (Å²) >= 11 is 0. The fourth-order valence-corrected chi connectivity index (χ4v) is 2.65. The Balaban J connectivity index is 1.84. The Hall–Kier alpha value is -3.34. The van der Waals surface area contributed by atoms with Crippen molar-refractivity contribution in [2.45, 2.75) is 6.92 Å². The van der Waals surface area contributed by atoms with Crippen LogP contribution in [0.5, 0.6) is 5.75 Å². The van der Waals surface area contributed by atoms with E-state index < -0.39 is 0 Å². The molecule has 1 aromatic heterocycles. The number of rotatable bonds is 5. The normalized spacial score (nSPS) is 10.3. The molecule has 3 rings (SSSR count). The molecule has 5 heteroatoms. The van der Waals surface area contributed by atoms with E-state index in [0.29, 0.717) is 17.0 Å². The van der Waals surface area contributed by atoms with Crippen LogP contribution in [0.2, 0.25) is 0 Å². The number of benzene rings is 2. The van der Waals surface area contributed by atoms with Crippen molar-refractivity contribution in [3.63, 3.8) is 0 Å². The van der Waals surface area contributed by atoms with Crippen LogP contribution in [0.1, 0.15) is 15.9 Å². The minimum Gasteiger partial charge on any atom is -0.495 e. The van der Waals surface area contributed by atoms with Crippen LogP contribution >= 0.6 is 0 Å². The molecule has 0 saturated heterocycles. The van der Waals surface area contributed by atoms with Crippen LogP contribution in [-0.2, 0) is 0 Å². The maximum Gasteiger partial charge on any atom is 0.257 e. The molecular weight excluding hydrogens is 326 g/mol. The van der Waals surface area contributed by atoms with E-state index in [1.54, 1.807) is 19.5 Å². The Morgan fingerprint density at radius 2 is 1.81 bits per heavy atom. The Morgan fingerprint density at radius 3 is 2.54 bits per heavy atom. The predicted octanol–water partition coefficient (Wildman–Crippen LogP) is 4.42. The van der Waals surface area contributed by atoms with Gasteiger partial charge < -0.3 is 15.0 Å². The van der Waals surface area contributed by atoms with Crippen molar-refractivity contribution in [1.29, 1.82) is 0 Å². The molecule has 0 aliphatic heterocycles. The average Bonchev–Trinajstić information content (AvgIpc) is 2.68. The van der Waals surface area contributed by atoms with Gasteiger partial charge in [0.25, 0.3) is 5.91 Å². The molecule has 0 aliphatic rings. The standard InChI is InChI=1S/C21H21N3O2/c1-15-9-10-20(26-3)19(11-15)23-21(25)16-12-18(14-22-13-16)24(2)17-7-5-4-6-8-17/h4-14H,1-3H3,(H,23,25). The van der Waals surface area contributed by atoms with Crippen LogP contribution in [0.3, 0.4) is 0 Å². The summed E-state index contributed by atoms with van der Waals surface area (Å²) < 4.78 is 5.32. The third-order valence-corrected chi connectivity index (χ3v) is 4.12. The SMILES string of the molecule is COc1ccc(C)cc1NC(=O)c1cncc(N(C)c2ccccc2)c1. The van der Waals surface area contributed by atoms with Gasteiger partial charge in [0, 0.05) is 18.9 Å². The zero-order valence-corrected chi connectivity index (χ0v) is 15.1. The molecule has 5 nitrogen and oxygen atoms in total. The van der Waals surface area contributed by atoms with Crippen molar-refractivity contribution >= 4 is 23.0 Å². The molecule has 0 unspecified atom stereocenters. The lowest BCUT2D eigenvalue weighted by Gasteiger charge is -2.19. The third kappa shape index (κ3) is 3.83. The Bertz CT molecular complexity index is 910. The minimum absolute atomic E-state index is 0.232. The van der Waals surface area contributed by atoms with Crippen LogP contribution in [-0.4, -0.2) is 25.0 Å². The van der Waals surface area contributed by atoms with Gasteiger partial charge in [0.15, 0.2) is 0 Å². The average molecular weight is 347 g/mol. The number of aromatic nitrogens is 1. The summed E-state index contributed by atoms with van der Waals surface area (Å²) in [6, 6.07) is 17.4. The molecular formula is C21H21N3O2. The van der Waals surface area contributed by atoms with E-state index in [4.69, 9.17) is 4.74 Å². The molecule has 2 aromatic carbocycles. The molecule has 0 fully saturated rings. The molecule has 0 saturated carbocycles. The van der Waals surface area contributed by atoms with Crippen LogP contribution in [0.4, 0.5) is 17.1 Å². The van der Waals surface area contributed by atoms with Gasteiger partial charge in [0.05, 0.1) is 30.2 Å². The molecule has 1 N–H and O–H groups in total. The maximum atomic E-state index is 12.7. The Morgan fingerprint density at radius 1 is 1.04 bits per heavy atom. The molecule has 0 radical (unpaired) electrons. The largest absolute Gasteiger partial charge is 0.495 e. The van der Waals surface area contributed by atoms with Crippen molar-refractivity contribution in [2.24, 2.45) is 0 Å². The molecule has 1 heterocycles. The summed E-state index contributed by atoms with van der Waals surface area (Å²) in [5.74, 6) is 0.388. The van der Waals surface area contributed by atoms with Gasteiger partial charge in [-0.2, -0.15) is 0 Å². The zero-order chi connectivity index (χ0) is 18.5. The number of amides is 1. The fourth-order valence-electron chi connectivity index (χ4n) is 2.65. The highest BCUT2D eigenvalue weighted by Gasteiger charge is 2.13. The first kappa shape index (κ1) is 17.5. The van der Waals surface area contributed by atoms with Gasteiger partial charge in [-0.15, -0.1) is 0 Å². The molecule has 0 spiro atoms.